The van der Waals surface area contributed by atoms with Gasteiger partial charge in [0.25, 0.3) is 11.4 Å². The molecule has 0 fully saturated rings. The van der Waals surface area contributed by atoms with Crippen LogP contribution >= 0.6 is 15.9 Å². The summed E-state index contributed by atoms with van der Waals surface area (Å²) in [6, 6.07) is 10.6. The summed E-state index contributed by atoms with van der Waals surface area (Å²) in [7, 11) is 0. The summed E-state index contributed by atoms with van der Waals surface area (Å²) in [6.07, 6.45) is 3.27. The van der Waals surface area contributed by atoms with Crippen LogP contribution in [0.5, 0.6) is 0 Å². The lowest BCUT2D eigenvalue weighted by Gasteiger charge is -1.99. The third kappa shape index (κ3) is 3.73. The third-order valence-electron chi connectivity index (χ3n) is 2.75. The molecular weight excluding hydrogens is 340 g/mol. The summed E-state index contributed by atoms with van der Waals surface area (Å²) in [5.74, 6) is 0. The second-order valence-corrected chi connectivity index (χ2v) is 5.06. The maximum absolute atomic E-state index is 10.9. The van der Waals surface area contributed by atoms with Crippen LogP contribution in [0.3, 0.4) is 0 Å². The fourth-order valence-corrected chi connectivity index (χ4v) is 2.10. The van der Waals surface area contributed by atoms with Gasteiger partial charge in [-0.2, -0.15) is 0 Å². The largest absolute Gasteiger partial charge is 0.276 e. The van der Waals surface area contributed by atoms with Gasteiger partial charge in [0.05, 0.1) is 15.4 Å². The Balaban J connectivity index is 2.30. The second-order valence-electron chi connectivity index (χ2n) is 4.14. The molecule has 0 aliphatic rings. The molecule has 0 heterocycles. The molecule has 21 heavy (non-hydrogen) atoms. The third-order valence-corrected chi connectivity index (χ3v) is 3.24. The monoisotopic (exact) mass is 348 g/mol. The van der Waals surface area contributed by atoms with E-state index in [-0.39, 0.29) is 11.4 Å². The quantitative estimate of drug-likeness (QED) is 0.464. The molecule has 0 amide bonds. The van der Waals surface area contributed by atoms with Gasteiger partial charge in [-0.25, -0.2) is 0 Å². The number of benzene rings is 2. The van der Waals surface area contributed by atoms with E-state index in [1.165, 1.54) is 18.2 Å². The number of non-ortho nitro benzene ring substituents is 1. The Morgan fingerprint density at radius 2 is 1.57 bits per heavy atom. The topological polar surface area (TPSA) is 86.3 Å². The van der Waals surface area contributed by atoms with Gasteiger partial charge in [-0.1, -0.05) is 22.0 Å². The van der Waals surface area contributed by atoms with E-state index < -0.39 is 9.85 Å². The van der Waals surface area contributed by atoms with Crippen molar-refractivity contribution < 1.29 is 9.85 Å². The van der Waals surface area contributed by atoms with Gasteiger partial charge in [-0.05, 0) is 35.9 Å². The van der Waals surface area contributed by atoms with Crippen molar-refractivity contribution in [1.29, 1.82) is 0 Å². The maximum Gasteiger partial charge on any atom is 0.276 e. The molecule has 0 aliphatic carbocycles. The highest BCUT2D eigenvalue weighted by atomic mass is 79.9. The summed E-state index contributed by atoms with van der Waals surface area (Å²) in [5, 5.41) is 21.5. The molecule has 0 aromatic heterocycles. The Morgan fingerprint density at radius 3 is 2.14 bits per heavy atom. The SMILES string of the molecule is O=[N+]([O-])c1ccc(/C=C/c2cc(Br)ccc2[N+](=O)[O-])cc1. The predicted octanol–water partition coefficient (Wildman–Crippen LogP) is 4.44. The normalized spacial score (nSPS) is 10.7. The second kappa shape index (κ2) is 6.27. The zero-order valence-electron chi connectivity index (χ0n) is 10.6. The summed E-state index contributed by atoms with van der Waals surface area (Å²) < 4.78 is 0.733. The molecule has 6 nitrogen and oxygen atoms in total. The van der Waals surface area contributed by atoms with Crippen molar-refractivity contribution in [3.8, 4) is 0 Å². The van der Waals surface area contributed by atoms with E-state index in [1.54, 1.807) is 36.4 Å². The van der Waals surface area contributed by atoms with Crippen molar-refractivity contribution in [2.75, 3.05) is 0 Å². The van der Waals surface area contributed by atoms with Gasteiger partial charge in [-0.3, -0.25) is 20.2 Å². The minimum absolute atomic E-state index is 0.000543. The van der Waals surface area contributed by atoms with Gasteiger partial charge in [0.1, 0.15) is 0 Å². The number of hydrogen-bond donors (Lipinski definition) is 0. The van der Waals surface area contributed by atoms with Crippen LogP contribution in [0, 0.1) is 20.2 Å². The van der Waals surface area contributed by atoms with Crippen LogP contribution in [-0.2, 0) is 0 Å². The average Bonchev–Trinajstić information content (AvgIpc) is 2.45. The molecule has 0 saturated carbocycles. The van der Waals surface area contributed by atoms with Crippen LogP contribution in [0.25, 0.3) is 12.2 Å². The highest BCUT2D eigenvalue weighted by Crippen LogP contribution is 2.25. The molecule has 2 rings (SSSR count). The lowest BCUT2D eigenvalue weighted by molar-refractivity contribution is -0.385. The number of rotatable bonds is 4. The Hall–Kier alpha value is -2.54. The lowest BCUT2D eigenvalue weighted by atomic mass is 10.1. The first-order chi connectivity index (χ1) is 9.97. The first-order valence-electron chi connectivity index (χ1n) is 5.84. The first-order valence-corrected chi connectivity index (χ1v) is 6.63. The van der Waals surface area contributed by atoms with E-state index in [2.05, 4.69) is 15.9 Å². The fraction of sp³-hybridized carbons (Fsp3) is 0. The van der Waals surface area contributed by atoms with Crippen LogP contribution in [0.1, 0.15) is 11.1 Å². The van der Waals surface area contributed by atoms with Gasteiger partial charge in [0.15, 0.2) is 0 Å². The molecular formula is C14H9BrN2O4. The van der Waals surface area contributed by atoms with E-state index in [0.29, 0.717) is 5.56 Å². The van der Waals surface area contributed by atoms with E-state index in [9.17, 15) is 20.2 Å². The van der Waals surface area contributed by atoms with Crippen LogP contribution in [0.15, 0.2) is 46.9 Å². The van der Waals surface area contributed by atoms with Crippen molar-refractivity contribution in [3.05, 3.63) is 78.3 Å². The van der Waals surface area contributed by atoms with Crippen molar-refractivity contribution >= 4 is 39.5 Å². The van der Waals surface area contributed by atoms with Crippen molar-refractivity contribution in [2.24, 2.45) is 0 Å². The smallest absolute Gasteiger partial charge is 0.258 e. The summed E-state index contributed by atoms with van der Waals surface area (Å²) in [5.41, 5.74) is 1.17. The number of hydrogen-bond acceptors (Lipinski definition) is 4. The predicted molar refractivity (Wildman–Crippen MR) is 82.8 cm³/mol. The highest BCUT2D eigenvalue weighted by Gasteiger charge is 2.11. The van der Waals surface area contributed by atoms with Gasteiger partial charge in [-0.15, -0.1) is 0 Å². The Kier molecular flexibility index (Phi) is 4.44. The van der Waals surface area contributed by atoms with E-state index in [4.69, 9.17) is 0 Å². The van der Waals surface area contributed by atoms with Gasteiger partial charge >= 0.3 is 0 Å². The van der Waals surface area contributed by atoms with Crippen LogP contribution in [0.2, 0.25) is 0 Å². The van der Waals surface area contributed by atoms with Crippen LogP contribution in [-0.4, -0.2) is 9.85 Å². The van der Waals surface area contributed by atoms with Crippen LogP contribution < -0.4 is 0 Å². The minimum atomic E-state index is -0.480. The van der Waals surface area contributed by atoms with Crippen LogP contribution in [0.4, 0.5) is 11.4 Å². The molecule has 0 radical (unpaired) electrons. The zero-order valence-corrected chi connectivity index (χ0v) is 12.2. The number of nitro benzene ring substituents is 2. The summed E-state index contributed by atoms with van der Waals surface area (Å²) >= 11 is 3.27. The Morgan fingerprint density at radius 1 is 0.905 bits per heavy atom. The van der Waals surface area contributed by atoms with Gasteiger partial charge in [0, 0.05) is 22.7 Å². The summed E-state index contributed by atoms with van der Waals surface area (Å²) in [4.78, 5) is 20.6. The molecule has 0 atom stereocenters. The number of nitrogens with zero attached hydrogens (tertiary/aromatic N) is 2. The fourth-order valence-electron chi connectivity index (χ4n) is 1.72. The van der Waals surface area contributed by atoms with Crippen molar-refractivity contribution in [2.45, 2.75) is 0 Å². The van der Waals surface area contributed by atoms with Gasteiger partial charge in [0.2, 0.25) is 0 Å². The molecule has 2 aromatic carbocycles. The minimum Gasteiger partial charge on any atom is -0.258 e. The molecule has 0 unspecified atom stereocenters. The zero-order chi connectivity index (χ0) is 15.4. The molecule has 0 bridgehead atoms. The Labute approximate surface area is 128 Å². The Bertz CT molecular complexity index is 726. The first kappa shape index (κ1) is 14.9. The molecule has 106 valence electrons. The standard InChI is InChI=1S/C14H9BrN2O4/c15-12-5-8-14(17(20)21)11(9-12)4-1-10-2-6-13(7-3-10)16(18)19/h1-9H/b4-1+. The number of halogens is 1. The van der Waals surface area contributed by atoms with E-state index >= 15 is 0 Å². The molecule has 0 spiro atoms. The number of nitro groups is 2. The highest BCUT2D eigenvalue weighted by molar-refractivity contribution is 9.10. The van der Waals surface area contributed by atoms with Crippen molar-refractivity contribution in [1.82, 2.24) is 0 Å². The molecule has 0 aliphatic heterocycles. The van der Waals surface area contributed by atoms with Gasteiger partial charge < -0.3 is 0 Å². The average molecular weight is 349 g/mol. The molecule has 0 saturated heterocycles. The maximum atomic E-state index is 10.9. The summed E-state index contributed by atoms with van der Waals surface area (Å²) in [6.45, 7) is 0. The van der Waals surface area contributed by atoms with E-state index in [1.807, 2.05) is 0 Å². The molecule has 2 aromatic rings. The molecule has 7 heteroatoms. The molecule has 0 N–H and O–H groups in total. The van der Waals surface area contributed by atoms with E-state index in [0.717, 1.165) is 10.0 Å². The van der Waals surface area contributed by atoms with Crippen molar-refractivity contribution in [3.63, 3.8) is 0 Å². The lowest BCUT2D eigenvalue weighted by Crippen LogP contribution is -1.91.